The summed E-state index contributed by atoms with van der Waals surface area (Å²) >= 11 is 0. The summed E-state index contributed by atoms with van der Waals surface area (Å²) in [5.74, 6) is 0.820. The quantitative estimate of drug-likeness (QED) is 0.280. The smallest absolute Gasteiger partial charge is 0.309 e. The first kappa shape index (κ1) is 21.7. The van der Waals surface area contributed by atoms with Crippen LogP contribution in [0.15, 0.2) is 24.1 Å². The molecule has 2 rings (SSSR count). The lowest BCUT2D eigenvalue weighted by Gasteiger charge is -2.31. The normalized spacial score (nSPS) is 29.4. The van der Waals surface area contributed by atoms with E-state index < -0.39 is 5.83 Å². The number of hydrogen-bond acceptors (Lipinski definition) is 3. The summed E-state index contributed by atoms with van der Waals surface area (Å²) in [4.78, 5) is 12.5. The molecule has 0 amide bonds. The summed E-state index contributed by atoms with van der Waals surface area (Å²) in [6.45, 7) is 2.24. The first-order chi connectivity index (χ1) is 13.1. The first-order valence-corrected chi connectivity index (χ1v) is 10.7. The SMILES string of the molecule is CCC[C@H]1CC[C@H](OC(=O)[C@H]2CC[C@H](CCC=CC=C(F)C#N)CC2)CC1. The van der Waals surface area contributed by atoms with E-state index in [1.807, 2.05) is 6.08 Å². The van der Waals surface area contributed by atoms with Crippen molar-refractivity contribution in [1.82, 2.24) is 0 Å². The number of nitrogens with zero attached hydrogens (tertiary/aromatic N) is 1. The van der Waals surface area contributed by atoms with Crippen LogP contribution >= 0.6 is 0 Å². The molecule has 2 fully saturated rings. The fourth-order valence-corrected chi connectivity index (χ4v) is 4.51. The Hall–Kier alpha value is -1.63. The van der Waals surface area contributed by atoms with E-state index >= 15 is 0 Å². The molecule has 0 atom stereocenters. The molecule has 0 aliphatic heterocycles. The highest BCUT2D eigenvalue weighted by atomic mass is 19.1. The number of hydrogen-bond donors (Lipinski definition) is 0. The van der Waals surface area contributed by atoms with Crippen LogP contribution < -0.4 is 0 Å². The third-order valence-electron chi connectivity index (χ3n) is 6.18. The molecule has 0 aromatic carbocycles. The van der Waals surface area contributed by atoms with Gasteiger partial charge in [0.15, 0.2) is 5.83 Å². The predicted octanol–water partition coefficient (Wildman–Crippen LogP) is 6.41. The Kier molecular flexibility index (Phi) is 9.59. The Balaban J connectivity index is 1.61. The topological polar surface area (TPSA) is 50.1 Å². The molecule has 2 aliphatic rings. The van der Waals surface area contributed by atoms with Gasteiger partial charge in [0.25, 0.3) is 0 Å². The van der Waals surface area contributed by atoms with E-state index in [1.165, 1.54) is 37.8 Å². The van der Waals surface area contributed by atoms with E-state index in [0.717, 1.165) is 57.3 Å². The van der Waals surface area contributed by atoms with Crippen LogP contribution in [0.5, 0.6) is 0 Å². The summed E-state index contributed by atoms with van der Waals surface area (Å²) in [7, 11) is 0. The molecule has 0 bridgehead atoms. The Morgan fingerprint density at radius 2 is 1.70 bits per heavy atom. The molecule has 27 heavy (non-hydrogen) atoms. The minimum absolute atomic E-state index is 0.0319. The van der Waals surface area contributed by atoms with Gasteiger partial charge in [-0.15, -0.1) is 0 Å². The van der Waals surface area contributed by atoms with Gasteiger partial charge in [0.2, 0.25) is 0 Å². The molecular weight excluding hydrogens is 341 g/mol. The number of carbonyl (C=O) groups excluding carboxylic acids is 1. The molecule has 0 radical (unpaired) electrons. The van der Waals surface area contributed by atoms with Crippen molar-refractivity contribution in [1.29, 1.82) is 5.26 Å². The Bertz CT molecular complexity index is 547. The highest BCUT2D eigenvalue weighted by molar-refractivity contribution is 5.72. The number of nitriles is 1. The van der Waals surface area contributed by atoms with Crippen LogP contribution in [-0.2, 0) is 9.53 Å². The number of carbonyl (C=O) groups is 1. The van der Waals surface area contributed by atoms with Crippen molar-refractivity contribution in [2.24, 2.45) is 17.8 Å². The zero-order valence-corrected chi connectivity index (χ0v) is 16.7. The molecule has 0 aromatic rings. The van der Waals surface area contributed by atoms with Crippen molar-refractivity contribution < 1.29 is 13.9 Å². The maximum atomic E-state index is 12.7. The van der Waals surface area contributed by atoms with Crippen molar-refractivity contribution in [2.45, 2.75) is 90.1 Å². The van der Waals surface area contributed by atoms with Crippen LogP contribution in [0, 0.1) is 29.1 Å². The second-order valence-corrected chi connectivity index (χ2v) is 8.22. The molecular formula is C23H34FNO2. The molecule has 2 aliphatic carbocycles. The van der Waals surface area contributed by atoms with E-state index in [2.05, 4.69) is 6.92 Å². The zero-order chi connectivity index (χ0) is 19.5. The number of halogens is 1. The third kappa shape index (κ3) is 7.87. The van der Waals surface area contributed by atoms with Crippen molar-refractivity contribution in [3.05, 3.63) is 24.1 Å². The van der Waals surface area contributed by atoms with Crippen LogP contribution in [0.25, 0.3) is 0 Å². The summed E-state index contributed by atoms with van der Waals surface area (Å²) in [6, 6.07) is 1.46. The maximum absolute atomic E-state index is 12.7. The molecule has 0 heterocycles. The summed E-state index contributed by atoms with van der Waals surface area (Å²) < 4.78 is 18.5. The summed E-state index contributed by atoms with van der Waals surface area (Å²) in [5, 5.41) is 8.34. The van der Waals surface area contributed by atoms with Crippen LogP contribution in [0.2, 0.25) is 0 Å². The van der Waals surface area contributed by atoms with Crippen LogP contribution in [0.1, 0.15) is 84.0 Å². The van der Waals surface area contributed by atoms with Gasteiger partial charge in [0.1, 0.15) is 12.2 Å². The van der Waals surface area contributed by atoms with Gasteiger partial charge in [0, 0.05) is 0 Å². The molecule has 3 nitrogen and oxygen atoms in total. The number of ether oxygens (including phenoxy) is 1. The average molecular weight is 376 g/mol. The lowest BCUT2D eigenvalue weighted by atomic mass is 9.80. The largest absolute Gasteiger partial charge is 0.462 e. The second-order valence-electron chi connectivity index (χ2n) is 8.22. The van der Waals surface area contributed by atoms with Crippen LogP contribution in [0.4, 0.5) is 4.39 Å². The van der Waals surface area contributed by atoms with Gasteiger partial charge in [-0.2, -0.15) is 9.65 Å². The van der Waals surface area contributed by atoms with E-state index in [1.54, 1.807) is 6.08 Å². The predicted molar refractivity (Wildman–Crippen MR) is 105 cm³/mol. The van der Waals surface area contributed by atoms with Gasteiger partial charge < -0.3 is 4.74 Å². The molecule has 0 aromatic heterocycles. The van der Waals surface area contributed by atoms with Gasteiger partial charge in [-0.1, -0.05) is 31.9 Å². The Morgan fingerprint density at radius 1 is 1.07 bits per heavy atom. The van der Waals surface area contributed by atoms with Crippen LogP contribution in [0.3, 0.4) is 0 Å². The van der Waals surface area contributed by atoms with Gasteiger partial charge >= 0.3 is 5.97 Å². The van der Waals surface area contributed by atoms with Gasteiger partial charge in [-0.25, -0.2) is 0 Å². The molecule has 4 heteroatoms. The molecule has 0 N–H and O–H groups in total. The van der Waals surface area contributed by atoms with Gasteiger partial charge in [0.05, 0.1) is 5.92 Å². The average Bonchev–Trinajstić information content (AvgIpc) is 2.69. The molecule has 0 spiro atoms. The third-order valence-corrected chi connectivity index (χ3v) is 6.18. The van der Waals surface area contributed by atoms with Crippen molar-refractivity contribution in [2.75, 3.05) is 0 Å². The fraction of sp³-hybridized carbons (Fsp3) is 0.739. The fourth-order valence-electron chi connectivity index (χ4n) is 4.51. The maximum Gasteiger partial charge on any atom is 0.309 e. The summed E-state index contributed by atoms with van der Waals surface area (Å²) in [6.07, 6.45) is 17.9. The number of allylic oxidation sites excluding steroid dienone is 4. The molecule has 2 saturated carbocycles. The molecule has 150 valence electrons. The number of rotatable bonds is 8. The Morgan fingerprint density at radius 3 is 2.33 bits per heavy atom. The summed E-state index contributed by atoms with van der Waals surface area (Å²) in [5.41, 5.74) is 0. The standard InChI is InChI=1S/C23H34FNO2/c1-2-6-18-11-15-22(16-12-18)27-23(26)20-13-9-19(10-14-20)7-4-3-5-8-21(24)17-25/h3,5,8,18-20,22H,2,4,6-7,9-16H2,1H3/t18-,19-,20-,22-. The monoisotopic (exact) mass is 375 g/mol. The lowest BCUT2D eigenvalue weighted by Crippen LogP contribution is -2.30. The van der Waals surface area contributed by atoms with Gasteiger partial charge in [-0.05, 0) is 82.1 Å². The zero-order valence-electron chi connectivity index (χ0n) is 16.7. The van der Waals surface area contributed by atoms with Crippen LogP contribution in [-0.4, -0.2) is 12.1 Å². The van der Waals surface area contributed by atoms with Gasteiger partial charge in [-0.3, -0.25) is 4.79 Å². The Labute approximate surface area is 163 Å². The van der Waals surface area contributed by atoms with E-state index in [-0.39, 0.29) is 18.0 Å². The van der Waals surface area contributed by atoms with Crippen molar-refractivity contribution >= 4 is 5.97 Å². The highest BCUT2D eigenvalue weighted by Gasteiger charge is 2.30. The number of esters is 1. The van der Waals surface area contributed by atoms with E-state index in [4.69, 9.17) is 10.00 Å². The second kappa shape index (κ2) is 12.0. The highest BCUT2D eigenvalue weighted by Crippen LogP contribution is 2.34. The molecule has 0 saturated heterocycles. The van der Waals surface area contributed by atoms with Crippen molar-refractivity contribution in [3.8, 4) is 6.07 Å². The molecule has 0 unspecified atom stereocenters. The first-order valence-electron chi connectivity index (χ1n) is 10.7. The lowest BCUT2D eigenvalue weighted by molar-refractivity contribution is -0.157. The van der Waals surface area contributed by atoms with E-state index in [9.17, 15) is 9.18 Å². The minimum atomic E-state index is -0.760. The van der Waals surface area contributed by atoms with E-state index in [0.29, 0.717) is 5.92 Å². The minimum Gasteiger partial charge on any atom is -0.462 e. The van der Waals surface area contributed by atoms with Crippen molar-refractivity contribution in [3.63, 3.8) is 0 Å².